The number of aromatic nitrogens is 2. The summed E-state index contributed by atoms with van der Waals surface area (Å²) in [5, 5.41) is 3.26. The van der Waals surface area contributed by atoms with E-state index in [-0.39, 0.29) is 17.3 Å². The molecule has 0 unspecified atom stereocenters. The highest BCUT2D eigenvalue weighted by Crippen LogP contribution is 2.24. The van der Waals surface area contributed by atoms with Gasteiger partial charge in [0.1, 0.15) is 5.82 Å². The number of fused-ring (bicyclic) bond motifs is 1. The molecule has 0 radical (unpaired) electrons. The monoisotopic (exact) mass is 415 g/mol. The van der Waals surface area contributed by atoms with Crippen molar-refractivity contribution in [1.29, 1.82) is 0 Å². The molecule has 0 aliphatic heterocycles. The molecule has 0 fully saturated rings. The van der Waals surface area contributed by atoms with Gasteiger partial charge in [0.2, 0.25) is 5.91 Å². The van der Waals surface area contributed by atoms with Crippen molar-refractivity contribution >= 4 is 34.3 Å². The fourth-order valence-electron chi connectivity index (χ4n) is 2.79. The Bertz CT molecular complexity index is 1050. The van der Waals surface area contributed by atoms with Gasteiger partial charge in [0.25, 0.3) is 5.56 Å². The summed E-state index contributed by atoms with van der Waals surface area (Å²) in [5.41, 5.74) is 0.960. The van der Waals surface area contributed by atoms with Crippen LogP contribution in [0.4, 0.5) is 10.1 Å². The highest BCUT2D eigenvalue weighted by molar-refractivity contribution is 8.00. The molecule has 1 atom stereocenters. The Kier molecular flexibility index (Phi) is 7.00. The quantitative estimate of drug-likeness (QED) is 0.345. The number of nitrogens with one attached hydrogen (secondary N) is 1. The average Bonchev–Trinajstić information content (AvgIpc) is 2.72. The van der Waals surface area contributed by atoms with Crippen LogP contribution in [0, 0.1) is 5.82 Å². The third-order valence-electron chi connectivity index (χ3n) is 4.32. The van der Waals surface area contributed by atoms with Gasteiger partial charge in [-0.05, 0) is 49.7 Å². The summed E-state index contributed by atoms with van der Waals surface area (Å²) in [5.74, 6) is -0.627. The molecular formula is C21H22FN3O3S. The van der Waals surface area contributed by atoms with Crippen LogP contribution in [-0.4, -0.2) is 34.4 Å². The zero-order valence-corrected chi connectivity index (χ0v) is 17.0. The molecule has 2 aromatic carbocycles. The van der Waals surface area contributed by atoms with Crippen molar-refractivity contribution in [3.05, 3.63) is 64.7 Å². The van der Waals surface area contributed by atoms with E-state index in [2.05, 4.69) is 10.3 Å². The molecule has 1 amide bonds. The van der Waals surface area contributed by atoms with Crippen molar-refractivity contribution in [3.63, 3.8) is 0 Å². The Labute approximate surface area is 172 Å². The summed E-state index contributed by atoms with van der Waals surface area (Å²) >= 11 is 1.21. The molecule has 0 bridgehead atoms. The van der Waals surface area contributed by atoms with E-state index >= 15 is 0 Å². The lowest BCUT2D eigenvalue weighted by Crippen LogP contribution is -2.27. The fraction of sp³-hybridized carbons (Fsp3) is 0.286. The number of hydrogen-bond donors (Lipinski definition) is 1. The molecule has 1 heterocycles. The van der Waals surface area contributed by atoms with Gasteiger partial charge < -0.3 is 10.1 Å². The molecule has 6 nitrogen and oxygen atoms in total. The molecule has 0 saturated carbocycles. The van der Waals surface area contributed by atoms with Gasteiger partial charge in [0.05, 0.1) is 16.2 Å². The number of methoxy groups -OCH3 is 1. The van der Waals surface area contributed by atoms with Gasteiger partial charge in [0, 0.05) is 25.9 Å². The van der Waals surface area contributed by atoms with Crippen LogP contribution in [0.2, 0.25) is 0 Å². The van der Waals surface area contributed by atoms with E-state index in [4.69, 9.17) is 4.74 Å². The lowest BCUT2D eigenvalue weighted by molar-refractivity contribution is -0.115. The maximum absolute atomic E-state index is 13.0. The van der Waals surface area contributed by atoms with Gasteiger partial charge in [-0.3, -0.25) is 14.2 Å². The number of nitrogens with zero attached hydrogens (tertiary/aromatic N) is 2. The summed E-state index contributed by atoms with van der Waals surface area (Å²) in [6, 6.07) is 12.7. The minimum atomic E-state index is -0.512. The van der Waals surface area contributed by atoms with E-state index in [0.717, 1.165) is 0 Å². The maximum atomic E-state index is 13.0. The van der Waals surface area contributed by atoms with E-state index in [1.165, 1.54) is 36.0 Å². The molecule has 0 aliphatic rings. The number of halogens is 1. The van der Waals surface area contributed by atoms with Gasteiger partial charge >= 0.3 is 0 Å². The van der Waals surface area contributed by atoms with Gasteiger partial charge in [0.15, 0.2) is 5.16 Å². The molecule has 0 aliphatic carbocycles. The van der Waals surface area contributed by atoms with Crippen LogP contribution in [0.1, 0.15) is 13.3 Å². The number of carbonyl (C=O) groups is 1. The van der Waals surface area contributed by atoms with Crippen molar-refractivity contribution in [2.24, 2.45) is 0 Å². The first-order valence-corrected chi connectivity index (χ1v) is 10.1. The standard InChI is InChI=1S/C21H22FN3O3S/c1-14(19(26)23-16-10-8-15(22)9-11-16)29-21-24-18-7-4-3-6-17(18)20(27)25(21)12-5-13-28-2/h3-4,6-11,14H,5,12-13H2,1-2H3,(H,23,26)/t14-/m1/s1. The highest BCUT2D eigenvalue weighted by Gasteiger charge is 2.19. The first-order chi connectivity index (χ1) is 14.0. The molecule has 0 saturated heterocycles. The number of carbonyl (C=O) groups excluding carboxylic acids is 1. The predicted octanol–water partition coefficient (Wildman–Crippen LogP) is 3.69. The molecule has 8 heteroatoms. The lowest BCUT2D eigenvalue weighted by atomic mass is 10.2. The first kappa shape index (κ1) is 21.0. The van der Waals surface area contributed by atoms with Crippen molar-refractivity contribution < 1.29 is 13.9 Å². The van der Waals surface area contributed by atoms with Crippen molar-refractivity contribution in [3.8, 4) is 0 Å². The van der Waals surface area contributed by atoms with Crippen LogP contribution in [-0.2, 0) is 16.1 Å². The summed E-state index contributed by atoms with van der Waals surface area (Å²) in [7, 11) is 1.61. The third kappa shape index (κ3) is 5.21. The fourth-order valence-corrected chi connectivity index (χ4v) is 3.73. The second-order valence-electron chi connectivity index (χ2n) is 6.47. The van der Waals surface area contributed by atoms with Crippen LogP contribution in [0.5, 0.6) is 0 Å². The van der Waals surface area contributed by atoms with E-state index in [0.29, 0.717) is 41.3 Å². The van der Waals surface area contributed by atoms with E-state index < -0.39 is 5.25 Å². The number of anilines is 1. The zero-order valence-electron chi connectivity index (χ0n) is 16.2. The zero-order chi connectivity index (χ0) is 20.8. The molecule has 1 N–H and O–H groups in total. The number of amides is 1. The Hall–Kier alpha value is -2.71. The summed E-state index contributed by atoms with van der Waals surface area (Å²) in [6.07, 6.45) is 0.653. The minimum absolute atomic E-state index is 0.139. The molecule has 152 valence electrons. The van der Waals surface area contributed by atoms with Gasteiger partial charge in [-0.25, -0.2) is 9.37 Å². The van der Waals surface area contributed by atoms with Crippen LogP contribution < -0.4 is 10.9 Å². The second-order valence-corrected chi connectivity index (χ2v) is 7.78. The number of benzene rings is 2. The lowest BCUT2D eigenvalue weighted by Gasteiger charge is -2.16. The Morgan fingerprint density at radius 3 is 2.69 bits per heavy atom. The van der Waals surface area contributed by atoms with E-state index in [9.17, 15) is 14.0 Å². The topological polar surface area (TPSA) is 73.2 Å². The normalized spacial score (nSPS) is 12.1. The maximum Gasteiger partial charge on any atom is 0.262 e. The molecular weight excluding hydrogens is 393 g/mol. The average molecular weight is 415 g/mol. The van der Waals surface area contributed by atoms with Crippen molar-refractivity contribution in [1.82, 2.24) is 9.55 Å². The summed E-state index contributed by atoms with van der Waals surface area (Å²) < 4.78 is 19.7. The number of rotatable bonds is 8. The SMILES string of the molecule is COCCCn1c(S[C@H](C)C(=O)Nc2ccc(F)cc2)nc2ccccc2c1=O. The summed E-state index contributed by atoms with van der Waals surface area (Å²) in [6.45, 7) is 2.70. The third-order valence-corrected chi connectivity index (χ3v) is 5.41. The van der Waals surface area contributed by atoms with E-state index in [1.54, 1.807) is 36.8 Å². The molecule has 29 heavy (non-hydrogen) atoms. The first-order valence-electron chi connectivity index (χ1n) is 9.21. The van der Waals surface area contributed by atoms with Gasteiger partial charge in [-0.1, -0.05) is 23.9 Å². The highest BCUT2D eigenvalue weighted by atomic mass is 32.2. The summed E-state index contributed by atoms with van der Waals surface area (Å²) in [4.78, 5) is 30.1. The van der Waals surface area contributed by atoms with E-state index in [1.807, 2.05) is 6.07 Å². The van der Waals surface area contributed by atoms with Gasteiger partial charge in [-0.15, -0.1) is 0 Å². The number of thioether (sulfide) groups is 1. The van der Waals surface area contributed by atoms with Crippen LogP contribution in [0.15, 0.2) is 58.5 Å². The van der Waals surface area contributed by atoms with Crippen LogP contribution >= 0.6 is 11.8 Å². The molecule has 0 spiro atoms. The van der Waals surface area contributed by atoms with Gasteiger partial charge in [-0.2, -0.15) is 0 Å². The molecule has 3 rings (SSSR count). The Morgan fingerprint density at radius 2 is 1.97 bits per heavy atom. The number of para-hydroxylation sites is 1. The van der Waals surface area contributed by atoms with Crippen LogP contribution in [0.3, 0.4) is 0 Å². The van der Waals surface area contributed by atoms with Crippen molar-refractivity contribution in [2.75, 3.05) is 19.0 Å². The molecule has 3 aromatic rings. The van der Waals surface area contributed by atoms with Crippen LogP contribution in [0.25, 0.3) is 10.9 Å². The Morgan fingerprint density at radius 1 is 1.24 bits per heavy atom. The number of ether oxygens (including phenoxy) is 1. The predicted molar refractivity (Wildman–Crippen MR) is 113 cm³/mol. The molecule has 1 aromatic heterocycles. The Balaban J connectivity index is 1.84. The smallest absolute Gasteiger partial charge is 0.262 e. The second kappa shape index (κ2) is 9.67. The minimum Gasteiger partial charge on any atom is -0.385 e. The number of hydrogen-bond acceptors (Lipinski definition) is 5. The van der Waals surface area contributed by atoms with Crippen molar-refractivity contribution in [2.45, 2.75) is 30.3 Å². The largest absolute Gasteiger partial charge is 0.385 e.